The van der Waals surface area contributed by atoms with Gasteiger partial charge in [0.15, 0.2) is 5.65 Å². The van der Waals surface area contributed by atoms with Crippen LogP contribution in [-0.2, 0) is 0 Å². The molecule has 8 rings (SSSR count). The second-order valence-electron chi connectivity index (χ2n) is 8.64. The Morgan fingerprint density at radius 1 is 0.515 bits per heavy atom. The summed E-state index contributed by atoms with van der Waals surface area (Å²) >= 11 is 0. The Morgan fingerprint density at radius 2 is 1.12 bits per heavy atom. The van der Waals surface area contributed by atoms with Crippen molar-refractivity contribution in [1.29, 1.82) is 0 Å². The summed E-state index contributed by atoms with van der Waals surface area (Å²) in [5.41, 5.74) is 6.29. The molecule has 33 heavy (non-hydrogen) atoms. The van der Waals surface area contributed by atoms with Gasteiger partial charge >= 0.3 is 0 Å². The number of pyridine rings is 1. The van der Waals surface area contributed by atoms with Gasteiger partial charge in [0, 0.05) is 44.6 Å². The standard InChI is InChI=1S/C29H17N3O/c33-17-13-14-19-21-8-4-10-23-22-9-3-7-20-18-6-1-2-11-24(18)31(27(20)22)25-12-5-15-30-29(25)32(28(21)23)26(19)16-17/h1-16,33H. The maximum absolute atomic E-state index is 10.4. The largest absolute Gasteiger partial charge is 0.508 e. The number of rotatable bonds is 0. The maximum atomic E-state index is 10.4. The summed E-state index contributed by atoms with van der Waals surface area (Å²) in [7, 11) is 0. The number of benzene rings is 4. The monoisotopic (exact) mass is 423 g/mol. The predicted octanol–water partition coefficient (Wildman–Crippen LogP) is 7.06. The molecule has 0 aliphatic carbocycles. The summed E-state index contributed by atoms with van der Waals surface area (Å²) in [6, 6.07) is 31.4. The van der Waals surface area contributed by atoms with Crippen LogP contribution < -0.4 is 0 Å². The molecule has 0 spiro atoms. The Labute approximate surface area is 187 Å². The van der Waals surface area contributed by atoms with E-state index in [0.29, 0.717) is 0 Å². The van der Waals surface area contributed by atoms with Crippen molar-refractivity contribution < 1.29 is 5.11 Å². The lowest BCUT2D eigenvalue weighted by Gasteiger charge is -2.10. The van der Waals surface area contributed by atoms with Crippen molar-refractivity contribution in [3.63, 3.8) is 0 Å². The fraction of sp³-hybridized carbons (Fsp3) is 0. The Bertz CT molecular complexity index is 2100. The van der Waals surface area contributed by atoms with Gasteiger partial charge in [0.05, 0.1) is 27.6 Å². The zero-order valence-electron chi connectivity index (χ0n) is 17.5. The van der Waals surface area contributed by atoms with Crippen molar-refractivity contribution in [1.82, 2.24) is 13.8 Å². The van der Waals surface area contributed by atoms with Crippen LogP contribution in [0.1, 0.15) is 0 Å². The van der Waals surface area contributed by atoms with Crippen LogP contribution in [0.4, 0.5) is 0 Å². The first-order valence-electron chi connectivity index (χ1n) is 11.1. The maximum Gasteiger partial charge on any atom is 0.162 e. The molecule has 4 aromatic carbocycles. The molecule has 4 heterocycles. The van der Waals surface area contributed by atoms with Crippen molar-refractivity contribution >= 4 is 65.5 Å². The number of nitrogens with zero attached hydrogens (tertiary/aromatic N) is 3. The fourth-order valence-electron chi connectivity index (χ4n) is 5.71. The van der Waals surface area contributed by atoms with E-state index in [1.165, 1.54) is 21.7 Å². The average molecular weight is 423 g/mol. The van der Waals surface area contributed by atoms with Crippen LogP contribution in [-0.4, -0.2) is 18.9 Å². The molecular weight excluding hydrogens is 406 g/mol. The van der Waals surface area contributed by atoms with Gasteiger partial charge in [0.2, 0.25) is 0 Å². The van der Waals surface area contributed by atoms with E-state index in [2.05, 4.69) is 75.5 Å². The lowest BCUT2D eigenvalue weighted by molar-refractivity contribution is 0.476. The molecule has 0 saturated heterocycles. The number of phenolic OH excluding ortho intramolecular Hbond substituents is 1. The van der Waals surface area contributed by atoms with Crippen LogP contribution in [0, 0.1) is 0 Å². The van der Waals surface area contributed by atoms with E-state index in [4.69, 9.17) is 4.98 Å². The predicted molar refractivity (Wildman–Crippen MR) is 135 cm³/mol. The van der Waals surface area contributed by atoms with E-state index in [-0.39, 0.29) is 5.75 Å². The molecule has 0 radical (unpaired) electrons. The first-order chi connectivity index (χ1) is 16.3. The van der Waals surface area contributed by atoms with Gasteiger partial charge in [-0.15, -0.1) is 0 Å². The topological polar surface area (TPSA) is 41.9 Å². The Kier molecular flexibility index (Phi) is 3.00. The molecule has 0 bridgehead atoms. The smallest absolute Gasteiger partial charge is 0.162 e. The molecule has 0 amide bonds. The molecule has 1 N–H and O–H groups in total. The van der Waals surface area contributed by atoms with Gasteiger partial charge in [0.25, 0.3) is 0 Å². The number of para-hydroxylation sites is 3. The Hall–Kier alpha value is -4.57. The molecule has 4 nitrogen and oxygen atoms in total. The fourth-order valence-corrected chi connectivity index (χ4v) is 5.71. The van der Waals surface area contributed by atoms with Crippen molar-refractivity contribution in [2.24, 2.45) is 0 Å². The second kappa shape index (κ2) is 5.81. The van der Waals surface area contributed by atoms with Gasteiger partial charge in [-0.1, -0.05) is 54.6 Å². The van der Waals surface area contributed by atoms with Crippen LogP contribution in [0.15, 0.2) is 97.2 Å². The van der Waals surface area contributed by atoms with Gasteiger partial charge in [0.1, 0.15) is 5.75 Å². The van der Waals surface area contributed by atoms with E-state index in [1.54, 1.807) is 6.07 Å². The van der Waals surface area contributed by atoms with Crippen LogP contribution in [0.3, 0.4) is 0 Å². The van der Waals surface area contributed by atoms with Crippen LogP contribution in [0.2, 0.25) is 0 Å². The third-order valence-electron chi connectivity index (χ3n) is 6.98. The second-order valence-corrected chi connectivity index (χ2v) is 8.64. The minimum atomic E-state index is 0.247. The average Bonchev–Trinajstić information content (AvgIpc) is 3.35. The number of hydrogen-bond donors (Lipinski definition) is 1. The van der Waals surface area contributed by atoms with Gasteiger partial charge in [-0.2, -0.15) is 0 Å². The summed E-state index contributed by atoms with van der Waals surface area (Å²) in [5, 5.41) is 17.5. The summed E-state index contributed by atoms with van der Waals surface area (Å²) in [6.07, 6.45) is 1.85. The molecule has 154 valence electrons. The molecule has 8 aromatic rings. The highest BCUT2D eigenvalue weighted by Gasteiger charge is 2.18. The SMILES string of the molecule is Oc1ccc2c3cccc4c5cccc6c7ccccc7n(c7cccnc7n(c2c1)c34)c65. The van der Waals surface area contributed by atoms with Crippen LogP contribution in [0.25, 0.3) is 65.5 Å². The minimum absolute atomic E-state index is 0.247. The number of fused-ring (bicyclic) bond motifs is 10. The van der Waals surface area contributed by atoms with Crippen molar-refractivity contribution in [2.75, 3.05) is 0 Å². The van der Waals surface area contributed by atoms with E-state index < -0.39 is 0 Å². The number of phenols is 1. The van der Waals surface area contributed by atoms with Gasteiger partial charge in [-0.05, 0) is 30.3 Å². The summed E-state index contributed by atoms with van der Waals surface area (Å²) in [5.74, 6) is 0.247. The van der Waals surface area contributed by atoms with E-state index in [1.807, 2.05) is 24.4 Å². The first kappa shape index (κ1) is 17.0. The minimum Gasteiger partial charge on any atom is -0.508 e. The lowest BCUT2D eigenvalue weighted by Crippen LogP contribution is -1.96. The molecule has 4 aromatic heterocycles. The number of aromatic hydroxyl groups is 1. The van der Waals surface area contributed by atoms with Crippen molar-refractivity contribution in [2.45, 2.75) is 0 Å². The highest BCUT2D eigenvalue weighted by Crippen LogP contribution is 2.40. The molecule has 0 aliphatic heterocycles. The number of aromatic nitrogens is 3. The number of hydrogen-bond acceptors (Lipinski definition) is 2. The molecule has 0 saturated carbocycles. The van der Waals surface area contributed by atoms with Crippen molar-refractivity contribution in [3.8, 4) is 5.75 Å². The van der Waals surface area contributed by atoms with Crippen LogP contribution in [0.5, 0.6) is 5.75 Å². The Balaban J connectivity index is 1.90. The highest BCUT2D eigenvalue weighted by atomic mass is 16.3. The zero-order valence-corrected chi connectivity index (χ0v) is 17.5. The van der Waals surface area contributed by atoms with Crippen LogP contribution >= 0.6 is 0 Å². The zero-order chi connectivity index (χ0) is 21.7. The van der Waals surface area contributed by atoms with E-state index in [0.717, 1.165) is 43.9 Å². The summed E-state index contributed by atoms with van der Waals surface area (Å²) in [4.78, 5) is 4.90. The summed E-state index contributed by atoms with van der Waals surface area (Å²) < 4.78 is 4.56. The highest BCUT2D eigenvalue weighted by molar-refractivity contribution is 6.25. The summed E-state index contributed by atoms with van der Waals surface area (Å²) in [6.45, 7) is 0. The normalized spacial score (nSPS) is 12.4. The molecular formula is C29H17N3O. The third-order valence-corrected chi connectivity index (χ3v) is 6.98. The van der Waals surface area contributed by atoms with Gasteiger partial charge in [-0.25, -0.2) is 4.98 Å². The van der Waals surface area contributed by atoms with E-state index in [9.17, 15) is 5.11 Å². The first-order valence-corrected chi connectivity index (χ1v) is 11.1. The molecule has 0 fully saturated rings. The van der Waals surface area contributed by atoms with E-state index >= 15 is 0 Å². The quantitative estimate of drug-likeness (QED) is 0.284. The molecule has 0 atom stereocenters. The lowest BCUT2D eigenvalue weighted by atomic mass is 10.0. The Morgan fingerprint density at radius 3 is 1.91 bits per heavy atom. The molecule has 0 aliphatic rings. The molecule has 0 unspecified atom stereocenters. The third kappa shape index (κ3) is 1.99. The van der Waals surface area contributed by atoms with Crippen molar-refractivity contribution in [3.05, 3.63) is 97.2 Å². The van der Waals surface area contributed by atoms with Gasteiger partial charge < -0.3 is 9.51 Å². The molecule has 4 heteroatoms. The van der Waals surface area contributed by atoms with Gasteiger partial charge in [-0.3, -0.25) is 4.40 Å².